The quantitative estimate of drug-likeness (QED) is 0.228. The van der Waals surface area contributed by atoms with E-state index in [4.69, 9.17) is 4.74 Å². The summed E-state index contributed by atoms with van der Waals surface area (Å²) in [7, 11) is 1.48. The number of ether oxygens (including phenoxy) is 1. The third-order valence-corrected chi connectivity index (χ3v) is 5.20. The van der Waals surface area contributed by atoms with Crippen molar-refractivity contribution >= 4 is 22.8 Å². The van der Waals surface area contributed by atoms with Gasteiger partial charge in [-0.05, 0) is 31.2 Å². The zero-order valence-corrected chi connectivity index (χ0v) is 18.6. The van der Waals surface area contributed by atoms with Gasteiger partial charge in [-0.25, -0.2) is 10.2 Å². The van der Waals surface area contributed by atoms with Crippen molar-refractivity contribution in [3.63, 3.8) is 0 Å². The van der Waals surface area contributed by atoms with Crippen LogP contribution in [0.5, 0.6) is 11.5 Å². The molecule has 11 nitrogen and oxygen atoms in total. The van der Waals surface area contributed by atoms with Crippen LogP contribution in [-0.4, -0.2) is 47.7 Å². The molecule has 0 bridgehead atoms. The average molecular weight is 464 g/mol. The molecule has 176 valence electrons. The number of aryl methyl sites for hydroxylation is 1. The van der Waals surface area contributed by atoms with Crippen LogP contribution in [0.2, 0.25) is 0 Å². The van der Waals surface area contributed by atoms with E-state index in [-0.39, 0.29) is 36.0 Å². The molecule has 4 rings (SSSR count). The second kappa shape index (κ2) is 9.63. The number of aromatic hydroxyl groups is 1. The normalized spacial score (nSPS) is 12.6. The molecule has 2 aromatic heterocycles. The minimum Gasteiger partial charge on any atom is -0.507 e. The maximum absolute atomic E-state index is 12.6. The second-order valence-electron chi connectivity index (χ2n) is 7.64. The maximum atomic E-state index is 12.6. The van der Waals surface area contributed by atoms with Crippen LogP contribution in [0, 0.1) is 0 Å². The molecule has 1 atom stereocenters. The Labute approximate surface area is 193 Å². The predicted octanol–water partition coefficient (Wildman–Crippen LogP) is 1.40. The first-order chi connectivity index (χ1) is 16.3. The van der Waals surface area contributed by atoms with Gasteiger partial charge in [0.1, 0.15) is 24.2 Å². The van der Waals surface area contributed by atoms with E-state index < -0.39 is 17.4 Å². The van der Waals surface area contributed by atoms with Crippen LogP contribution in [0.25, 0.3) is 11.2 Å². The van der Waals surface area contributed by atoms with Crippen molar-refractivity contribution in [3.8, 4) is 11.5 Å². The summed E-state index contributed by atoms with van der Waals surface area (Å²) in [5.41, 5.74) is 2.73. The summed E-state index contributed by atoms with van der Waals surface area (Å²) in [6.45, 7) is 1.60. The van der Waals surface area contributed by atoms with Gasteiger partial charge in [0.25, 0.3) is 5.56 Å². The molecule has 0 saturated carbocycles. The van der Waals surface area contributed by atoms with Crippen LogP contribution in [0.1, 0.15) is 12.5 Å². The lowest BCUT2D eigenvalue weighted by Gasteiger charge is -2.15. The fraction of sp³-hybridized carbons (Fsp3) is 0.217. The molecule has 0 radical (unpaired) electrons. The molecule has 34 heavy (non-hydrogen) atoms. The molecule has 2 aromatic carbocycles. The van der Waals surface area contributed by atoms with Crippen molar-refractivity contribution in [2.75, 3.05) is 12.0 Å². The summed E-state index contributed by atoms with van der Waals surface area (Å²) < 4.78 is 8.25. The van der Waals surface area contributed by atoms with E-state index in [1.54, 1.807) is 43.3 Å². The fourth-order valence-corrected chi connectivity index (χ4v) is 3.44. The number of aliphatic hydroxyl groups excluding tert-OH is 1. The number of aromatic nitrogens is 4. The highest BCUT2D eigenvalue weighted by Crippen LogP contribution is 2.19. The zero-order valence-electron chi connectivity index (χ0n) is 18.6. The molecule has 0 amide bonds. The van der Waals surface area contributed by atoms with Gasteiger partial charge in [0.2, 0.25) is 5.95 Å². The van der Waals surface area contributed by atoms with E-state index >= 15 is 0 Å². The van der Waals surface area contributed by atoms with E-state index in [2.05, 4.69) is 20.5 Å². The van der Waals surface area contributed by atoms with Gasteiger partial charge >= 0.3 is 5.69 Å². The largest absolute Gasteiger partial charge is 0.507 e. The summed E-state index contributed by atoms with van der Waals surface area (Å²) in [6.07, 6.45) is -1.00. The van der Waals surface area contributed by atoms with Crippen LogP contribution in [-0.2, 0) is 13.6 Å². The van der Waals surface area contributed by atoms with Crippen LogP contribution in [0.4, 0.5) is 5.95 Å². The Hall–Kier alpha value is -4.38. The lowest BCUT2D eigenvalue weighted by Crippen LogP contribution is -2.30. The summed E-state index contributed by atoms with van der Waals surface area (Å²) in [5.74, 6) is 0.792. The number of nitrogens with zero attached hydrogens (tertiary/aromatic N) is 4. The number of anilines is 1. The number of phenolic OH excluding ortho intramolecular Hbond substituents is 1. The standard InChI is InChI=1S/C23H24N6O5/c1-14(17-10-6-7-11-18(17)31)26-27-22-24-20-19(21(32)25-23(33)28(20)2)29(22)12-15(30)13-34-16-8-4-3-5-9-16/h3-11,15,30-31H,12-13H2,1-2H3,(H,24,27)(H,25,32,33)/b26-14-/t15-/m1/s1. The Morgan fingerprint density at radius 3 is 2.62 bits per heavy atom. The van der Waals surface area contributed by atoms with Crippen molar-refractivity contribution < 1.29 is 14.9 Å². The van der Waals surface area contributed by atoms with Gasteiger partial charge in [0.05, 0.1) is 12.3 Å². The molecule has 0 aliphatic rings. The number of hydrogen-bond acceptors (Lipinski definition) is 8. The third-order valence-electron chi connectivity index (χ3n) is 5.20. The molecule has 4 aromatic rings. The average Bonchev–Trinajstić information content (AvgIpc) is 3.19. The highest BCUT2D eigenvalue weighted by molar-refractivity contribution is 6.01. The van der Waals surface area contributed by atoms with Crippen molar-refractivity contribution in [3.05, 3.63) is 81.0 Å². The van der Waals surface area contributed by atoms with Crippen LogP contribution in [0.3, 0.4) is 0 Å². The number of H-pyrrole nitrogens is 1. The number of hydrogen-bond donors (Lipinski definition) is 4. The Balaban J connectivity index is 1.67. The second-order valence-corrected chi connectivity index (χ2v) is 7.64. The molecule has 0 spiro atoms. The predicted molar refractivity (Wildman–Crippen MR) is 127 cm³/mol. The molecule has 4 N–H and O–H groups in total. The van der Waals surface area contributed by atoms with E-state index in [1.807, 2.05) is 18.2 Å². The van der Waals surface area contributed by atoms with E-state index in [0.717, 1.165) is 0 Å². The zero-order chi connectivity index (χ0) is 24.2. The first-order valence-corrected chi connectivity index (χ1v) is 10.5. The molecule has 0 aliphatic heterocycles. The summed E-state index contributed by atoms with van der Waals surface area (Å²) in [5, 5.41) is 25.0. The molecule has 0 fully saturated rings. The topological polar surface area (TPSA) is 147 Å². The van der Waals surface area contributed by atoms with Crippen LogP contribution >= 0.6 is 0 Å². The Bertz CT molecular complexity index is 1450. The first-order valence-electron chi connectivity index (χ1n) is 10.5. The first kappa shape index (κ1) is 22.8. The Morgan fingerprint density at radius 1 is 1.18 bits per heavy atom. The van der Waals surface area contributed by atoms with Gasteiger partial charge in [-0.15, -0.1) is 0 Å². The Morgan fingerprint density at radius 2 is 1.88 bits per heavy atom. The molecule has 11 heteroatoms. The molecule has 0 saturated heterocycles. The van der Waals surface area contributed by atoms with Crippen LogP contribution in [0.15, 0.2) is 69.3 Å². The number of nitrogens with one attached hydrogen (secondary N) is 2. The SMILES string of the molecule is C/C(=N/Nc1nc2c(c(=O)[nH]c(=O)n2C)n1C[C@@H](O)COc1ccccc1)c1ccccc1O. The number of imidazole rings is 1. The van der Waals surface area contributed by atoms with E-state index in [1.165, 1.54) is 16.2 Å². The van der Waals surface area contributed by atoms with Crippen molar-refractivity contribution in [1.29, 1.82) is 0 Å². The van der Waals surface area contributed by atoms with E-state index in [9.17, 15) is 19.8 Å². The number of para-hydroxylation sites is 2. The van der Waals surface area contributed by atoms with Crippen LogP contribution < -0.4 is 21.4 Å². The number of benzene rings is 2. The van der Waals surface area contributed by atoms with Gasteiger partial charge in [-0.2, -0.15) is 10.1 Å². The number of hydrazone groups is 1. The van der Waals surface area contributed by atoms with Crippen molar-refractivity contribution in [2.45, 2.75) is 19.6 Å². The lowest BCUT2D eigenvalue weighted by molar-refractivity contribution is 0.0938. The molecular formula is C23H24N6O5. The third kappa shape index (κ3) is 4.69. The highest BCUT2D eigenvalue weighted by atomic mass is 16.5. The number of phenols is 1. The number of aliphatic hydroxyl groups is 1. The maximum Gasteiger partial charge on any atom is 0.329 e. The minimum atomic E-state index is -1.00. The lowest BCUT2D eigenvalue weighted by atomic mass is 10.1. The van der Waals surface area contributed by atoms with E-state index in [0.29, 0.717) is 17.0 Å². The minimum absolute atomic E-state index is 0.0347. The smallest absolute Gasteiger partial charge is 0.329 e. The molecular weight excluding hydrogens is 440 g/mol. The Kier molecular flexibility index (Phi) is 6.46. The van der Waals surface area contributed by atoms with Gasteiger partial charge < -0.3 is 19.5 Å². The van der Waals surface area contributed by atoms with Gasteiger partial charge in [-0.3, -0.25) is 14.3 Å². The summed E-state index contributed by atoms with van der Waals surface area (Å²) >= 11 is 0. The van der Waals surface area contributed by atoms with Gasteiger partial charge in [0.15, 0.2) is 11.2 Å². The molecule has 2 heterocycles. The number of rotatable bonds is 8. The van der Waals surface area contributed by atoms with Gasteiger partial charge in [0, 0.05) is 12.6 Å². The monoisotopic (exact) mass is 464 g/mol. The summed E-state index contributed by atoms with van der Waals surface area (Å²) in [6, 6.07) is 15.7. The van der Waals surface area contributed by atoms with Crippen molar-refractivity contribution in [1.82, 2.24) is 19.1 Å². The van der Waals surface area contributed by atoms with Crippen molar-refractivity contribution in [2.24, 2.45) is 12.1 Å². The fourth-order valence-electron chi connectivity index (χ4n) is 3.44. The van der Waals surface area contributed by atoms with Gasteiger partial charge in [-0.1, -0.05) is 30.3 Å². The molecule has 0 aliphatic carbocycles. The number of fused-ring (bicyclic) bond motifs is 1. The number of aromatic amines is 1. The molecule has 0 unspecified atom stereocenters. The summed E-state index contributed by atoms with van der Waals surface area (Å²) in [4.78, 5) is 31.3. The highest BCUT2D eigenvalue weighted by Gasteiger charge is 2.20.